The topological polar surface area (TPSA) is 58.6 Å². The molecule has 0 aliphatic carbocycles. The number of hydrogen-bond donors (Lipinski definition) is 1. The van der Waals surface area contributed by atoms with E-state index in [0.29, 0.717) is 22.8 Å². The molecular weight excluding hydrogens is 304 g/mol. The van der Waals surface area contributed by atoms with Crippen LogP contribution in [-0.4, -0.2) is 30.6 Å². The summed E-state index contributed by atoms with van der Waals surface area (Å²) in [7, 11) is 1.33. The zero-order chi connectivity index (χ0) is 16.3. The first-order valence-electron chi connectivity index (χ1n) is 7.12. The normalized spacial score (nSPS) is 18.3. The number of carbonyl (C=O) groups is 2. The van der Waals surface area contributed by atoms with Crippen LogP contribution in [0.25, 0.3) is 0 Å². The number of amides is 2. The fourth-order valence-electron chi connectivity index (χ4n) is 2.58. The van der Waals surface area contributed by atoms with Crippen molar-refractivity contribution in [3.63, 3.8) is 0 Å². The van der Waals surface area contributed by atoms with Crippen molar-refractivity contribution < 1.29 is 14.3 Å². The molecule has 0 unspecified atom stereocenters. The van der Waals surface area contributed by atoms with Crippen LogP contribution in [0.3, 0.4) is 0 Å². The van der Waals surface area contributed by atoms with Gasteiger partial charge in [-0.05, 0) is 31.0 Å². The van der Waals surface area contributed by atoms with Crippen LogP contribution in [0, 0.1) is 0 Å². The molecule has 0 saturated heterocycles. The van der Waals surface area contributed by atoms with Crippen molar-refractivity contribution >= 4 is 23.6 Å². The van der Waals surface area contributed by atoms with Gasteiger partial charge in [-0.2, -0.15) is 0 Å². The third kappa shape index (κ3) is 3.09. The number of nitrogens with zero attached hydrogens (tertiary/aromatic N) is 1. The molecular formula is C16H19ClN2O3. The van der Waals surface area contributed by atoms with Gasteiger partial charge in [-0.15, -0.1) is 0 Å². The maximum absolute atomic E-state index is 12.3. The molecule has 0 spiro atoms. The highest BCUT2D eigenvalue weighted by Gasteiger charge is 2.35. The van der Waals surface area contributed by atoms with Gasteiger partial charge >= 0.3 is 12.0 Å². The molecule has 0 saturated carbocycles. The standard InChI is InChI=1S/C16H19ClN2O3/c1-4-8-19-10(2)13(15(20)22-3)14(18-16(19)21)11-6-5-7-12(17)9-11/h5-7,9,14H,4,8H2,1-3H3,(H,18,21)/t14-/m1/s1. The Morgan fingerprint density at radius 3 is 2.77 bits per heavy atom. The number of nitrogens with one attached hydrogen (secondary N) is 1. The van der Waals surface area contributed by atoms with E-state index < -0.39 is 12.0 Å². The number of hydrogen-bond acceptors (Lipinski definition) is 3. The van der Waals surface area contributed by atoms with E-state index in [0.717, 1.165) is 12.0 Å². The van der Waals surface area contributed by atoms with Crippen molar-refractivity contribution in [3.8, 4) is 0 Å². The highest BCUT2D eigenvalue weighted by molar-refractivity contribution is 6.30. The number of esters is 1. The molecule has 1 N–H and O–H groups in total. The van der Waals surface area contributed by atoms with Gasteiger partial charge in [0.25, 0.3) is 0 Å². The van der Waals surface area contributed by atoms with E-state index in [1.165, 1.54) is 7.11 Å². The first-order chi connectivity index (χ1) is 10.5. The molecule has 1 aliphatic heterocycles. The van der Waals surface area contributed by atoms with E-state index in [1.807, 2.05) is 13.0 Å². The lowest BCUT2D eigenvalue weighted by atomic mass is 9.95. The van der Waals surface area contributed by atoms with Gasteiger partial charge in [-0.3, -0.25) is 4.90 Å². The monoisotopic (exact) mass is 322 g/mol. The summed E-state index contributed by atoms with van der Waals surface area (Å²) >= 11 is 6.02. The molecule has 1 aliphatic rings. The fourth-order valence-corrected chi connectivity index (χ4v) is 2.78. The molecule has 2 amide bonds. The SMILES string of the molecule is CCCN1C(=O)N[C@H](c2cccc(Cl)c2)C(C(=O)OC)=C1C. The van der Waals surface area contributed by atoms with Gasteiger partial charge in [0.05, 0.1) is 18.7 Å². The Kier molecular flexibility index (Phi) is 5.08. The van der Waals surface area contributed by atoms with Gasteiger partial charge in [0, 0.05) is 17.3 Å². The second-order valence-corrected chi connectivity index (χ2v) is 5.52. The lowest BCUT2D eigenvalue weighted by Gasteiger charge is -2.35. The Labute approximate surface area is 134 Å². The minimum Gasteiger partial charge on any atom is -0.466 e. The molecule has 0 fully saturated rings. The van der Waals surface area contributed by atoms with Crippen LogP contribution in [0.15, 0.2) is 35.5 Å². The molecule has 22 heavy (non-hydrogen) atoms. The fraction of sp³-hybridized carbons (Fsp3) is 0.375. The summed E-state index contributed by atoms with van der Waals surface area (Å²) in [6.07, 6.45) is 0.793. The summed E-state index contributed by atoms with van der Waals surface area (Å²) in [4.78, 5) is 26.1. The van der Waals surface area contributed by atoms with Crippen LogP contribution in [0.4, 0.5) is 4.79 Å². The molecule has 1 aromatic rings. The summed E-state index contributed by atoms with van der Waals surface area (Å²) < 4.78 is 4.90. The van der Waals surface area contributed by atoms with Crippen LogP contribution in [0.1, 0.15) is 31.9 Å². The van der Waals surface area contributed by atoms with Gasteiger partial charge in [0.2, 0.25) is 0 Å². The van der Waals surface area contributed by atoms with E-state index in [1.54, 1.807) is 30.0 Å². The number of carbonyl (C=O) groups excluding carboxylic acids is 2. The summed E-state index contributed by atoms with van der Waals surface area (Å²) in [6.45, 7) is 4.28. The second-order valence-electron chi connectivity index (χ2n) is 5.08. The Morgan fingerprint density at radius 1 is 1.45 bits per heavy atom. The number of methoxy groups -OCH3 is 1. The average molecular weight is 323 g/mol. The van der Waals surface area contributed by atoms with E-state index >= 15 is 0 Å². The Hall–Kier alpha value is -2.01. The average Bonchev–Trinajstić information content (AvgIpc) is 2.50. The maximum atomic E-state index is 12.3. The Morgan fingerprint density at radius 2 is 2.18 bits per heavy atom. The zero-order valence-electron chi connectivity index (χ0n) is 12.9. The highest BCUT2D eigenvalue weighted by atomic mass is 35.5. The molecule has 5 nitrogen and oxygen atoms in total. The quantitative estimate of drug-likeness (QED) is 0.866. The molecule has 0 bridgehead atoms. The number of halogens is 1. The third-order valence-corrected chi connectivity index (χ3v) is 3.87. The summed E-state index contributed by atoms with van der Waals surface area (Å²) in [6, 6.07) is 6.30. The van der Waals surface area contributed by atoms with Crippen molar-refractivity contribution in [2.75, 3.05) is 13.7 Å². The van der Waals surface area contributed by atoms with Crippen LogP contribution in [-0.2, 0) is 9.53 Å². The Balaban J connectivity index is 2.53. The molecule has 2 rings (SSSR count). The maximum Gasteiger partial charge on any atom is 0.337 e. The predicted octanol–water partition coefficient (Wildman–Crippen LogP) is 3.26. The number of ether oxygens (including phenoxy) is 1. The largest absolute Gasteiger partial charge is 0.466 e. The molecule has 118 valence electrons. The molecule has 0 radical (unpaired) electrons. The van der Waals surface area contributed by atoms with E-state index in [9.17, 15) is 9.59 Å². The van der Waals surface area contributed by atoms with Crippen molar-refractivity contribution in [2.45, 2.75) is 26.3 Å². The second kappa shape index (κ2) is 6.83. The van der Waals surface area contributed by atoms with E-state index in [2.05, 4.69) is 5.32 Å². The highest BCUT2D eigenvalue weighted by Crippen LogP contribution is 2.32. The van der Waals surface area contributed by atoms with Crippen LogP contribution >= 0.6 is 11.6 Å². The Bertz CT molecular complexity index is 628. The van der Waals surface area contributed by atoms with Gasteiger partial charge < -0.3 is 10.1 Å². The minimum absolute atomic E-state index is 0.225. The van der Waals surface area contributed by atoms with Gasteiger partial charge in [-0.25, -0.2) is 9.59 Å². The first-order valence-corrected chi connectivity index (χ1v) is 7.50. The number of rotatable bonds is 4. The number of allylic oxidation sites excluding steroid dienone is 1. The molecule has 0 aromatic heterocycles. The lowest BCUT2D eigenvalue weighted by Crippen LogP contribution is -2.48. The van der Waals surface area contributed by atoms with Crippen molar-refractivity contribution in [3.05, 3.63) is 46.1 Å². The minimum atomic E-state index is -0.563. The summed E-state index contributed by atoms with van der Waals surface area (Å²) in [5.74, 6) is -0.455. The van der Waals surface area contributed by atoms with E-state index in [-0.39, 0.29) is 6.03 Å². The van der Waals surface area contributed by atoms with Gasteiger partial charge in [-0.1, -0.05) is 30.7 Å². The summed E-state index contributed by atoms with van der Waals surface area (Å²) in [5.41, 5.74) is 1.79. The van der Waals surface area contributed by atoms with Crippen molar-refractivity contribution in [2.24, 2.45) is 0 Å². The summed E-state index contributed by atoms with van der Waals surface area (Å²) in [5, 5.41) is 3.41. The third-order valence-electron chi connectivity index (χ3n) is 3.63. The number of urea groups is 1. The molecule has 6 heteroatoms. The first kappa shape index (κ1) is 16.4. The van der Waals surface area contributed by atoms with Gasteiger partial charge in [0.1, 0.15) is 0 Å². The van der Waals surface area contributed by atoms with E-state index in [4.69, 9.17) is 16.3 Å². The zero-order valence-corrected chi connectivity index (χ0v) is 13.6. The van der Waals surface area contributed by atoms with Crippen LogP contribution in [0.2, 0.25) is 5.02 Å². The van der Waals surface area contributed by atoms with Gasteiger partial charge in [0.15, 0.2) is 0 Å². The lowest BCUT2D eigenvalue weighted by molar-refractivity contribution is -0.136. The van der Waals surface area contributed by atoms with Crippen LogP contribution < -0.4 is 5.32 Å². The molecule has 1 aromatic carbocycles. The molecule has 1 heterocycles. The van der Waals surface area contributed by atoms with Crippen LogP contribution in [0.5, 0.6) is 0 Å². The smallest absolute Gasteiger partial charge is 0.337 e. The molecule has 1 atom stereocenters. The predicted molar refractivity (Wildman–Crippen MR) is 84.4 cm³/mol. The number of benzene rings is 1. The van der Waals surface area contributed by atoms with Crippen molar-refractivity contribution in [1.29, 1.82) is 0 Å². The van der Waals surface area contributed by atoms with Crippen molar-refractivity contribution in [1.82, 2.24) is 10.2 Å².